The molecule has 3 rings (SSSR count). The molecule has 0 aromatic carbocycles. The van der Waals surface area contributed by atoms with E-state index < -0.39 is 88.7 Å². The van der Waals surface area contributed by atoms with Crippen LogP contribution in [-0.4, -0.2) is 100 Å². The molecule has 200 valence electrons. The van der Waals surface area contributed by atoms with Crippen molar-refractivity contribution in [1.29, 1.82) is 0 Å². The molecule has 0 radical (unpaired) electrons. The average molecular weight is 550 g/mol. The number of aliphatic hydroxyl groups is 5. The Labute approximate surface area is 195 Å². The summed E-state index contributed by atoms with van der Waals surface area (Å²) in [5.41, 5.74) is -1.72. The van der Waals surface area contributed by atoms with Crippen LogP contribution in [0.2, 0.25) is 0 Å². The first-order chi connectivity index (χ1) is 16.1. The summed E-state index contributed by atoms with van der Waals surface area (Å²) < 4.78 is 48.3. The van der Waals surface area contributed by atoms with Crippen molar-refractivity contribution < 1.29 is 67.3 Å². The lowest BCUT2D eigenvalue weighted by atomic mass is 10.0. The third-order valence-corrected chi connectivity index (χ3v) is 7.72. The highest BCUT2D eigenvalue weighted by molar-refractivity contribution is 7.61. The third-order valence-electron chi connectivity index (χ3n) is 5.12. The number of hydrogen-bond donors (Lipinski definition) is 8. The van der Waals surface area contributed by atoms with Gasteiger partial charge in [-0.25, -0.2) is 13.9 Å². The molecule has 11 atom stereocenters. The summed E-state index contributed by atoms with van der Waals surface area (Å²) in [5, 5.41) is 49.4. The molecule has 0 bridgehead atoms. The molecule has 1 aromatic rings. The summed E-state index contributed by atoms with van der Waals surface area (Å²) in [6.07, 6.45) is -14.2. The van der Waals surface area contributed by atoms with Gasteiger partial charge in [0.15, 0.2) is 12.5 Å². The van der Waals surface area contributed by atoms with Gasteiger partial charge in [-0.2, -0.15) is 4.31 Å². The highest BCUT2D eigenvalue weighted by Crippen LogP contribution is 2.61. The molecule has 0 amide bonds. The van der Waals surface area contributed by atoms with Crippen molar-refractivity contribution in [2.45, 2.75) is 62.2 Å². The van der Waals surface area contributed by atoms with Crippen LogP contribution in [0.15, 0.2) is 21.9 Å². The van der Waals surface area contributed by atoms with Crippen LogP contribution in [0.25, 0.3) is 0 Å². The van der Waals surface area contributed by atoms with Crippen LogP contribution < -0.4 is 11.2 Å². The normalized spacial score (nSPS) is 39.1. The standard InChI is InChI=1S/C15H24N2O16P2/c1-5-8(19)10(21)12(23)14(30-5)32-35(27,28)33-34(25,26)29-4-6-9(20)11(22)13(31-6)17-3-2-7(18)16-15(17)24/h2-3,5-6,8-14,19-23H,4H2,1H3,(H,25,26)(H,27,28)(H,16,18,24)/t5-,6+,8+,9+,10+,11+,12-,13+,14?/m0/s1. The van der Waals surface area contributed by atoms with Gasteiger partial charge in [-0.3, -0.25) is 23.4 Å². The van der Waals surface area contributed by atoms with E-state index in [4.69, 9.17) is 9.47 Å². The molecule has 0 aliphatic carbocycles. The first-order valence-corrected chi connectivity index (χ1v) is 12.8. The second-order valence-corrected chi connectivity index (χ2v) is 10.7. The lowest BCUT2D eigenvalue weighted by Gasteiger charge is -2.38. The van der Waals surface area contributed by atoms with Crippen molar-refractivity contribution in [2.75, 3.05) is 6.61 Å². The Hall–Kier alpha value is -1.34. The van der Waals surface area contributed by atoms with Gasteiger partial charge in [0.25, 0.3) is 5.56 Å². The number of aromatic amines is 1. The smallest absolute Gasteiger partial charge is 0.388 e. The minimum absolute atomic E-state index is 0.737. The minimum atomic E-state index is -5.50. The summed E-state index contributed by atoms with van der Waals surface area (Å²) in [7, 11) is -10.9. The average Bonchev–Trinajstić information content (AvgIpc) is 3.02. The number of H-pyrrole nitrogens is 1. The lowest BCUT2D eigenvalue weighted by molar-refractivity contribution is -0.271. The number of aliphatic hydroxyl groups excluding tert-OH is 5. The van der Waals surface area contributed by atoms with Crippen molar-refractivity contribution in [3.8, 4) is 0 Å². The SMILES string of the molecule is C[C@@H]1OC(OP(=O)(O)OP(=O)(O)OC[C@H]2O[C@@H](n3ccc(=O)[nH]c3=O)[C@H](O)[C@@H]2O)[C@@H](O)[C@H](O)[C@@H]1O. The second-order valence-electron chi connectivity index (χ2n) is 7.66. The maximum absolute atomic E-state index is 12.1. The van der Waals surface area contributed by atoms with E-state index in [2.05, 4.69) is 13.4 Å². The van der Waals surface area contributed by atoms with Crippen LogP contribution in [0.3, 0.4) is 0 Å². The Balaban J connectivity index is 1.61. The maximum Gasteiger partial charge on any atom is 0.483 e. The largest absolute Gasteiger partial charge is 0.483 e. The van der Waals surface area contributed by atoms with Gasteiger partial charge in [0, 0.05) is 12.3 Å². The molecule has 3 heterocycles. The Morgan fingerprint density at radius 3 is 2.26 bits per heavy atom. The van der Waals surface area contributed by atoms with E-state index in [-0.39, 0.29) is 0 Å². The molecule has 2 fully saturated rings. The molecule has 3 unspecified atom stereocenters. The third kappa shape index (κ3) is 6.51. The maximum atomic E-state index is 12.1. The van der Waals surface area contributed by atoms with Crippen molar-refractivity contribution in [1.82, 2.24) is 9.55 Å². The zero-order valence-corrected chi connectivity index (χ0v) is 19.5. The lowest BCUT2D eigenvalue weighted by Crippen LogP contribution is -2.57. The Morgan fingerprint density at radius 1 is 0.971 bits per heavy atom. The van der Waals surface area contributed by atoms with Crippen LogP contribution in [0, 0.1) is 0 Å². The predicted octanol–water partition coefficient (Wildman–Crippen LogP) is -3.77. The number of ether oxygens (including phenoxy) is 2. The van der Waals surface area contributed by atoms with Gasteiger partial charge >= 0.3 is 21.3 Å². The molecule has 18 nitrogen and oxygen atoms in total. The van der Waals surface area contributed by atoms with E-state index in [0.29, 0.717) is 0 Å². The summed E-state index contributed by atoms with van der Waals surface area (Å²) in [6.45, 7) is 0.250. The number of hydrogen-bond acceptors (Lipinski definition) is 14. The van der Waals surface area contributed by atoms with Gasteiger partial charge in [0.1, 0.15) is 36.6 Å². The molecule has 0 saturated carbocycles. The van der Waals surface area contributed by atoms with E-state index in [9.17, 15) is 54.0 Å². The van der Waals surface area contributed by atoms with Crippen LogP contribution >= 0.6 is 15.6 Å². The molecule has 35 heavy (non-hydrogen) atoms. The monoisotopic (exact) mass is 550 g/mol. The Bertz CT molecular complexity index is 1110. The van der Waals surface area contributed by atoms with Crippen molar-refractivity contribution in [2.24, 2.45) is 0 Å². The van der Waals surface area contributed by atoms with E-state index >= 15 is 0 Å². The fourth-order valence-electron chi connectivity index (χ4n) is 3.30. The summed E-state index contributed by atoms with van der Waals surface area (Å²) >= 11 is 0. The molecule has 1 aromatic heterocycles. The van der Waals surface area contributed by atoms with Gasteiger partial charge in [-0.05, 0) is 6.92 Å². The predicted molar refractivity (Wildman–Crippen MR) is 107 cm³/mol. The summed E-state index contributed by atoms with van der Waals surface area (Å²) in [6, 6.07) is 0.940. The van der Waals surface area contributed by atoms with Crippen molar-refractivity contribution in [3.05, 3.63) is 33.1 Å². The molecule has 2 aliphatic rings. The molecular formula is C15H24N2O16P2. The zero-order chi connectivity index (χ0) is 26.3. The van der Waals surface area contributed by atoms with Gasteiger partial charge in [-0.15, -0.1) is 0 Å². The van der Waals surface area contributed by atoms with Crippen molar-refractivity contribution >= 4 is 15.6 Å². The summed E-state index contributed by atoms with van der Waals surface area (Å²) in [4.78, 5) is 44.5. The van der Waals surface area contributed by atoms with Gasteiger partial charge in [-0.1, -0.05) is 0 Å². The van der Waals surface area contributed by atoms with Crippen molar-refractivity contribution in [3.63, 3.8) is 0 Å². The minimum Gasteiger partial charge on any atom is -0.388 e. The number of nitrogens with zero attached hydrogens (tertiary/aromatic N) is 1. The topological polar surface area (TPSA) is 277 Å². The van der Waals surface area contributed by atoms with E-state index in [1.54, 1.807) is 0 Å². The number of rotatable bonds is 8. The molecule has 8 N–H and O–H groups in total. The Kier molecular flexibility index (Phi) is 8.52. The molecule has 20 heteroatoms. The molecular weight excluding hydrogens is 526 g/mol. The Morgan fingerprint density at radius 2 is 1.63 bits per heavy atom. The van der Waals surface area contributed by atoms with E-state index in [0.717, 1.165) is 16.8 Å². The number of nitrogens with one attached hydrogen (secondary N) is 1. The highest BCUT2D eigenvalue weighted by Gasteiger charge is 2.49. The zero-order valence-electron chi connectivity index (χ0n) is 17.7. The number of aromatic nitrogens is 2. The number of phosphoric ester groups is 2. The van der Waals surface area contributed by atoms with Gasteiger partial charge < -0.3 is 44.8 Å². The molecule has 2 aliphatic heterocycles. The molecule has 2 saturated heterocycles. The van der Waals surface area contributed by atoms with E-state index in [1.807, 2.05) is 4.98 Å². The van der Waals surface area contributed by atoms with Crippen LogP contribution in [0.1, 0.15) is 13.2 Å². The van der Waals surface area contributed by atoms with E-state index in [1.165, 1.54) is 6.92 Å². The van der Waals surface area contributed by atoms with Crippen LogP contribution in [0.4, 0.5) is 0 Å². The van der Waals surface area contributed by atoms with Gasteiger partial charge in [0.2, 0.25) is 0 Å². The van der Waals surface area contributed by atoms with Crippen LogP contribution in [0.5, 0.6) is 0 Å². The fourth-order valence-corrected chi connectivity index (χ4v) is 5.45. The highest BCUT2D eigenvalue weighted by atomic mass is 31.3. The summed E-state index contributed by atoms with van der Waals surface area (Å²) in [5.74, 6) is 0. The van der Waals surface area contributed by atoms with Crippen LogP contribution in [-0.2, 0) is 32.0 Å². The number of phosphoric acid groups is 2. The molecule has 0 spiro atoms. The second kappa shape index (κ2) is 10.6. The first-order valence-electron chi connectivity index (χ1n) is 9.84. The first kappa shape index (κ1) is 28.2. The quantitative estimate of drug-likeness (QED) is 0.144. The van der Waals surface area contributed by atoms with Gasteiger partial charge in [0.05, 0.1) is 12.7 Å². The fraction of sp³-hybridized carbons (Fsp3) is 0.733.